The third kappa shape index (κ3) is 3.47. The summed E-state index contributed by atoms with van der Waals surface area (Å²) in [7, 11) is 0. The van der Waals surface area contributed by atoms with Crippen molar-refractivity contribution >= 4 is 23.5 Å². The van der Waals surface area contributed by atoms with E-state index in [0.29, 0.717) is 4.90 Å². The topological polar surface area (TPSA) is 57.6 Å². The van der Waals surface area contributed by atoms with Gasteiger partial charge in [-0.15, -0.1) is 0 Å². The normalized spacial score (nSPS) is 21.1. The number of rotatable bonds is 2. The second-order valence-electron chi connectivity index (χ2n) is 4.91. The van der Waals surface area contributed by atoms with Gasteiger partial charge in [-0.05, 0) is 18.2 Å². The van der Waals surface area contributed by atoms with Crippen LogP contribution in [-0.2, 0) is 4.79 Å². The molecule has 0 bridgehead atoms. The molecule has 0 saturated carbocycles. The van der Waals surface area contributed by atoms with Crippen LogP contribution in [0.25, 0.3) is 0 Å². The van der Waals surface area contributed by atoms with Crippen molar-refractivity contribution in [3.05, 3.63) is 34.6 Å². The zero-order valence-corrected chi connectivity index (χ0v) is 11.4. The van der Waals surface area contributed by atoms with E-state index in [9.17, 15) is 22.8 Å². The molecule has 1 amide bonds. The summed E-state index contributed by atoms with van der Waals surface area (Å²) in [4.78, 5) is 23.7. The quantitative estimate of drug-likeness (QED) is 0.911. The minimum absolute atomic E-state index is 0.0661. The minimum atomic E-state index is -3.32. The lowest BCUT2D eigenvalue weighted by Crippen LogP contribution is -2.51. The Morgan fingerprint density at radius 2 is 2.05 bits per heavy atom. The van der Waals surface area contributed by atoms with E-state index in [1.165, 1.54) is 6.07 Å². The smallest absolute Gasteiger partial charge is 0.308 e. The molecule has 0 aromatic heterocycles. The Kier molecular flexibility index (Phi) is 4.13. The number of hydrogen-bond acceptors (Lipinski definition) is 2. The standard InChI is InChI=1S/C13H11ClF3NO3/c14-8-1-2-9(10(15)3-8)11(19)18-5-7(12(20)21)4-13(16,17)6-18/h1-3,7H,4-6H2,(H,20,21). The van der Waals surface area contributed by atoms with Crippen molar-refractivity contribution in [3.63, 3.8) is 0 Å². The van der Waals surface area contributed by atoms with Crippen molar-refractivity contribution in [1.29, 1.82) is 0 Å². The number of halogens is 4. The van der Waals surface area contributed by atoms with Gasteiger partial charge in [-0.3, -0.25) is 9.59 Å². The molecular formula is C13H11ClF3NO3. The van der Waals surface area contributed by atoms with Crippen molar-refractivity contribution in [2.45, 2.75) is 12.3 Å². The number of benzene rings is 1. The van der Waals surface area contributed by atoms with Crippen molar-refractivity contribution in [2.75, 3.05) is 13.1 Å². The SMILES string of the molecule is O=C(O)C1CN(C(=O)c2ccc(Cl)cc2F)CC(F)(F)C1. The van der Waals surface area contributed by atoms with Gasteiger partial charge in [0.25, 0.3) is 11.8 Å². The molecule has 1 aromatic carbocycles. The zero-order valence-electron chi connectivity index (χ0n) is 10.7. The monoisotopic (exact) mass is 321 g/mol. The summed E-state index contributed by atoms with van der Waals surface area (Å²) in [6.45, 7) is -1.32. The van der Waals surface area contributed by atoms with Crippen LogP contribution in [0.3, 0.4) is 0 Å². The maximum Gasteiger partial charge on any atom is 0.308 e. The molecule has 1 fully saturated rings. The van der Waals surface area contributed by atoms with Gasteiger partial charge in [-0.1, -0.05) is 11.6 Å². The second kappa shape index (κ2) is 5.55. The van der Waals surface area contributed by atoms with Gasteiger partial charge in [0.05, 0.1) is 18.0 Å². The summed E-state index contributed by atoms with van der Waals surface area (Å²) in [5.41, 5.74) is -0.416. The largest absolute Gasteiger partial charge is 0.481 e. The highest BCUT2D eigenvalue weighted by Crippen LogP contribution is 2.31. The Hall–Kier alpha value is -1.76. The highest BCUT2D eigenvalue weighted by atomic mass is 35.5. The first-order valence-electron chi connectivity index (χ1n) is 6.04. The Morgan fingerprint density at radius 3 is 2.62 bits per heavy atom. The molecule has 114 valence electrons. The molecule has 21 heavy (non-hydrogen) atoms. The van der Waals surface area contributed by atoms with Crippen LogP contribution >= 0.6 is 11.6 Å². The molecule has 1 N–H and O–H groups in total. The first-order chi connectivity index (χ1) is 9.69. The van der Waals surface area contributed by atoms with E-state index in [0.717, 1.165) is 12.1 Å². The van der Waals surface area contributed by atoms with Gasteiger partial charge in [0.1, 0.15) is 5.82 Å². The van der Waals surface area contributed by atoms with Crippen LogP contribution in [-0.4, -0.2) is 40.9 Å². The molecule has 2 rings (SSSR count). The Balaban J connectivity index is 2.27. The summed E-state index contributed by atoms with van der Waals surface area (Å²) >= 11 is 5.55. The van der Waals surface area contributed by atoms with Crippen molar-refractivity contribution in [3.8, 4) is 0 Å². The fourth-order valence-electron chi connectivity index (χ4n) is 2.25. The number of piperidine rings is 1. The average Bonchev–Trinajstić information content (AvgIpc) is 2.36. The number of amides is 1. The molecule has 1 aromatic rings. The highest BCUT2D eigenvalue weighted by Gasteiger charge is 2.44. The number of aliphatic carboxylic acids is 1. The number of nitrogens with zero attached hydrogens (tertiary/aromatic N) is 1. The fourth-order valence-corrected chi connectivity index (χ4v) is 2.41. The predicted molar refractivity (Wildman–Crippen MR) is 68.0 cm³/mol. The number of carboxylic acids is 1. The summed E-state index contributed by atoms with van der Waals surface area (Å²) in [5, 5.41) is 8.93. The van der Waals surface area contributed by atoms with Crippen molar-refractivity contribution in [2.24, 2.45) is 5.92 Å². The summed E-state index contributed by atoms with van der Waals surface area (Å²) in [5.74, 6) is -8.03. The van der Waals surface area contributed by atoms with E-state index < -0.39 is 48.1 Å². The lowest BCUT2D eigenvalue weighted by atomic mass is 9.94. The fraction of sp³-hybridized carbons (Fsp3) is 0.385. The number of carbonyl (C=O) groups is 2. The van der Waals surface area contributed by atoms with Crippen LogP contribution in [0.4, 0.5) is 13.2 Å². The van der Waals surface area contributed by atoms with Crippen LogP contribution in [0.1, 0.15) is 16.8 Å². The van der Waals surface area contributed by atoms with Gasteiger partial charge >= 0.3 is 5.97 Å². The molecule has 1 atom stereocenters. The Labute approximate surface area is 123 Å². The molecule has 0 radical (unpaired) electrons. The van der Waals surface area contributed by atoms with Gasteiger partial charge in [-0.2, -0.15) is 0 Å². The summed E-state index contributed by atoms with van der Waals surface area (Å²) in [6, 6.07) is 3.24. The van der Waals surface area contributed by atoms with Gasteiger partial charge in [-0.25, -0.2) is 13.2 Å². The highest BCUT2D eigenvalue weighted by molar-refractivity contribution is 6.30. The van der Waals surface area contributed by atoms with Gasteiger partial charge in [0.2, 0.25) is 0 Å². The first-order valence-corrected chi connectivity index (χ1v) is 6.42. The van der Waals surface area contributed by atoms with Crippen LogP contribution in [0.5, 0.6) is 0 Å². The zero-order chi connectivity index (χ0) is 15.8. The maximum atomic E-state index is 13.7. The lowest BCUT2D eigenvalue weighted by molar-refractivity contribution is -0.151. The van der Waals surface area contributed by atoms with E-state index in [1.54, 1.807) is 0 Å². The minimum Gasteiger partial charge on any atom is -0.481 e. The Bertz CT molecular complexity index is 594. The molecule has 8 heteroatoms. The van der Waals surface area contributed by atoms with Crippen molar-refractivity contribution in [1.82, 2.24) is 4.90 Å². The molecule has 1 saturated heterocycles. The van der Waals surface area contributed by atoms with E-state index in [4.69, 9.17) is 16.7 Å². The van der Waals surface area contributed by atoms with Crippen LogP contribution in [0, 0.1) is 11.7 Å². The molecule has 4 nitrogen and oxygen atoms in total. The number of likely N-dealkylation sites (tertiary alicyclic amines) is 1. The summed E-state index contributed by atoms with van der Waals surface area (Å²) in [6.07, 6.45) is -0.838. The van der Waals surface area contributed by atoms with E-state index in [1.807, 2.05) is 0 Å². The molecule has 1 aliphatic rings. The van der Waals surface area contributed by atoms with Crippen LogP contribution in [0.15, 0.2) is 18.2 Å². The molecule has 1 heterocycles. The third-order valence-corrected chi connectivity index (χ3v) is 3.44. The number of alkyl halides is 2. The van der Waals surface area contributed by atoms with E-state index >= 15 is 0 Å². The van der Waals surface area contributed by atoms with Gasteiger partial charge in [0.15, 0.2) is 0 Å². The second-order valence-corrected chi connectivity index (χ2v) is 5.34. The maximum absolute atomic E-state index is 13.7. The predicted octanol–water partition coefficient (Wildman–Crippen LogP) is 2.66. The van der Waals surface area contributed by atoms with Crippen molar-refractivity contribution < 1.29 is 27.9 Å². The van der Waals surface area contributed by atoms with Gasteiger partial charge < -0.3 is 10.0 Å². The van der Waals surface area contributed by atoms with Crippen LogP contribution < -0.4 is 0 Å². The average molecular weight is 322 g/mol. The molecule has 0 spiro atoms. The first kappa shape index (κ1) is 15.6. The lowest BCUT2D eigenvalue weighted by Gasteiger charge is -2.35. The molecule has 1 aliphatic heterocycles. The Morgan fingerprint density at radius 1 is 1.38 bits per heavy atom. The molecule has 0 aliphatic carbocycles. The molecular weight excluding hydrogens is 311 g/mol. The van der Waals surface area contributed by atoms with E-state index in [-0.39, 0.29) is 11.6 Å². The third-order valence-electron chi connectivity index (χ3n) is 3.21. The van der Waals surface area contributed by atoms with Gasteiger partial charge in [0, 0.05) is 18.0 Å². The van der Waals surface area contributed by atoms with E-state index in [2.05, 4.69) is 0 Å². The summed E-state index contributed by atoms with van der Waals surface area (Å²) < 4.78 is 40.7. The number of hydrogen-bond donors (Lipinski definition) is 1. The molecule has 1 unspecified atom stereocenters. The van der Waals surface area contributed by atoms with Crippen LogP contribution in [0.2, 0.25) is 5.02 Å². The number of carbonyl (C=O) groups excluding carboxylic acids is 1. The number of carboxylic acid groups (broad SMARTS) is 1.